The molecule has 1 atom stereocenters. The highest BCUT2D eigenvalue weighted by Gasteiger charge is 2.24. The maximum Gasteiger partial charge on any atom is 0.320 e. The molecule has 3 N–H and O–H groups in total. The van der Waals surface area contributed by atoms with Crippen LogP contribution in [0.25, 0.3) is 0 Å². The monoisotopic (exact) mass is 396 g/mol. The number of rotatable bonds is 9. The summed E-state index contributed by atoms with van der Waals surface area (Å²) in [6.45, 7) is 8.55. The molecule has 8 nitrogen and oxygen atoms in total. The summed E-state index contributed by atoms with van der Waals surface area (Å²) < 4.78 is 5.66. The number of carbonyl (C=O) groups excluding carboxylic acids is 1. The molecule has 1 unspecified atom stereocenters. The minimum atomic E-state index is -0.267. The summed E-state index contributed by atoms with van der Waals surface area (Å²) in [5.41, 5.74) is 8.02. The van der Waals surface area contributed by atoms with E-state index in [1.807, 2.05) is 36.9 Å². The zero-order chi connectivity index (χ0) is 21.4. The van der Waals surface area contributed by atoms with E-state index in [0.717, 1.165) is 18.4 Å². The second-order valence-corrected chi connectivity index (χ2v) is 6.67. The van der Waals surface area contributed by atoms with Crippen molar-refractivity contribution >= 4 is 23.2 Å². The highest BCUT2D eigenvalue weighted by atomic mass is 16.5. The number of unbranched alkanes of at least 4 members (excludes halogenated alkanes) is 1. The lowest BCUT2D eigenvalue weighted by atomic mass is 10.0. The Morgan fingerprint density at radius 2 is 2.14 bits per heavy atom. The lowest BCUT2D eigenvalue weighted by Gasteiger charge is -2.31. The first kappa shape index (κ1) is 22.0. The van der Waals surface area contributed by atoms with Crippen LogP contribution in [-0.2, 0) is 4.79 Å². The van der Waals surface area contributed by atoms with Crippen LogP contribution in [-0.4, -0.2) is 29.0 Å². The first-order valence-corrected chi connectivity index (χ1v) is 9.75. The SMILES string of the molecule is CCCCOc1nc(N)c(NC(C)=O)c(N(CC)C(C)c2cccc(C#N)c2)n1. The molecule has 0 bridgehead atoms. The minimum absolute atomic E-state index is 0.126. The third kappa shape index (κ3) is 5.57. The summed E-state index contributed by atoms with van der Waals surface area (Å²) in [6.07, 6.45) is 1.86. The fourth-order valence-electron chi connectivity index (χ4n) is 2.98. The van der Waals surface area contributed by atoms with Crippen LogP contribution in [0.3, 0.4) is 0 Å². The van der Waals surface area contributed by atoms with Gasteiger partial charge >= 0.3 is 6.01 Å². The first-order chi connectivity index (χ1) is 13.9. The molecule has 2 aromatic rings. The standard InChI is InChI=1S/C21H28N6O2/c1-5-7-11-29-21-25-19(23)18(24-15(4)28)20(26-21)27(6-2)14(3)17-10-8-9-16(12-17)13-22/h8-10,12,14H,5-7,11H2,1-4H3,(H,24,28)(H2,23,25,26). The minimum Gasteiger partial charge on any atom is -0.463 e. The van der Waals surface area contributed by atoms with Crippen LogP contribution in [0, 0.1) is 11.3 Å². The maximum absolute atomic E-state index is 11.7. The molecule has 1 aromatic carbocycles. The Labute approximate surface area is 171 Å². The van der Waals surface area contributed by atoms with Crippen LogP contribution in [0.15, 0.2) is 24.3 Å². The van der Waals surface area contributed by atoms with Crippen molar-refractivity contribution in [1.82, 2.24) is 9.97 Å². The van der Waals surface area contributed by atoms with Gasteiger partial charge in [0.05, 0.1) is 24.3 Å². The molecule has 1 heterocycles. The third-order valence-electron chi connectivity index (χ3n) is 4.51. The van der Waals surface area contributed by atoms with Crippen molar-refractivity contribution in [2.75, 3.05) is 29.1 Å². The van der Waals surface area contributed by atoms with Crippen molar-refractivity contribution in [3.8, 4) is 12.1 Å². The number of benzene rings is 1. The number of hydrogen-bond donors (Lipinski definition) is 2. The predicted molar refractivity (Wildman–Crippen MR) is 114 cm³/mol. The van der Waals surface area contributed by atoms with Gasteiger partial charge in [0.25, 0.3) is 0 Å². The van der Waals surface area contributed by atoms with Gasteiger partial charge in [-0.2, -0.15) is 15.2 Å². The van der Waals surface area contributed by atoms with E-state index in [9.17, 15) is 10.1 Å². The quantitative estimate of drug-likeness (QED) is 0.621. The van der Waals surface area contributed by atoms with Crippen LogP contribution >= 0.6 is 0 Å². The Kier molecular flexibility index (Phi) is 7.78. The first-order valence-electron chi connectivity index (χ1n) is 9.75. The zero-order valence-corrected chi connectivity index (χ0v) is 17.4. The fraction of sp³-hybridized carbons (Fsp3) is 0.429. The molecule has 29 heavy (non-hydrogen) atoms. The van der Waals surface area contributed by atoms with E-state index in [0.29, 0.717) is 30.2 Å². The summed E-state index contributed by atoms with van der Waals surface area (Å²) in [7, 11) is 0. The van der Waals surface area contributed by atoms with Crippen molar-refractivity contribution in [1.29, 1.82) is 5.26 Å². The molecule has 8 heteroatoms. The van der Waals surface area contributed by atoms with Gasteiger partial charge in [0.1, 0.15) is 5.69 Å². The Bertz CT molecular complexity index is 893. The largest absolute Gasteiger partial charge is 0.463 e. The molecule has 1 aromatic heterocycles. The van der Waals surface area contributed by atoms with Gasteiger partial charge in [-0.25, -0.2) is 0 Å². The van der Waals surface area contributed by atoms with Gasteiger partial charge in [0, 0.05) is 13.5 Å². The van der Waals surface area contributed by atoms with E-state index >= 15 is 0 Å². The van der Waals surface area contributed by atoms with E-state index in [-0.39, 0.29) is 23.8 Å². The number of aromatic nitrogens is 2. The molecule has 0 spiro atoms. The van der Waals surface area contributed by atoms with Gasteiger partial charge in [0.2, 0.25) is 5.91 Å². The van der Waals surface area contributed by atoms with E-state index in [1.54, 1.807) is 6.07 Å². The molecule has 0 fully saturated rings. The van der Waals surface area contributed by atoms with Gasteiger partial charge in [-0.15, -0.1) is 0 Å². The second kappa shape index (κ2) is 10.3. The normalized spacial score (nSPS) is 11.4. The number of carbonyl (C=O) groups is 1. The topological polar surface area (TPSA) is 117 Å². The van der Waals surface area contributed by atoms with Gasteiger partial charge in [-0.3, -0.25) is 4.79 Å². The zero-order valence-electron chi connectivity index (χ0n) is 17.4. The van der Waals surface area contributed by atoms with E-state index < -0.39 is 0 Å². The van der Waals surface area contributed by atoms with E-state index in [4.69, 9.17) is 10.5 Å². The van der Waals surface area contributed by atoms with E-state index in [1.165, 1.54) is 6.92 Å². The molecule has 0 saturated carbocycles. The average Bonchev–Trinajstić information content (AvgIpc) is 2.71. The van der Waals surface area contributed by atoms with Crippen molar-refractivity contribution in [2.24, 2.45) is 0 Å². The number of nitrogens with zero attached hydrogens (tertiary/aromatic N) is 4. The summed E-state index contributed by atoms with van der Waals surface area (Å²) in [5, 5.41) is 12.0. The van der Waals surface area contributed by atoms with Crippen LogP contribution in [0.1, 0.15) is 57.7 Å². The fourth-order valence-corrected chi connectivity index (χ4v) is 2.98. The molecule has 0 aliphatic carbocycles. The molecule has 0 radical (unpaired) electrons. The van der Waals surface area contributed by atoms with Crippen molar-refractivity contribution in [3.63, 3.8) is 0 Å². The van der Waals surface area contributed by atoms with Gasteiger partial charge < -0.3 is 20.7 Å². The van der Waals surface area contributed by atoms with Gasteiger partial charge in [0.15, 0.2) is 11.6 Å². The molecule has 1 amide bonds. The van der Waals surface area contributed by atoms with Gasteiger partial charge in [-0.1, -0.05) is 25.5 Å². The molecule has 2 rings (SSSR count). The lowest BCUT2D eigenvalue weighted by Crippen LogP contribution is -2.29. The number of amides is 1. The Morgan fingerprint density at radius 3 is 2.76 bits per heavy atom. The van der Waals surface area contributed by atoms with Crippen LogP contribution < -0.4 is 20.7 Å². The number of hydrogen-bond acceptors (Lipinski definition) is 7. The number of ether oxygens (including phenoxy) is 1. The molecular formula is C21H28N6O2. The average molecular weight is 396 g/mol. The Morgan fingerprint density at radius 1 is 1.38 bits per heavy atom. The van der Waals surface area contributed by atoms with Crippen LogP contribution in [0.2, 0.25) is 0 Å². The number of anilines is 3. The molecule has 154 valence electrons. The summed E-state index contributed by atoms with van der Waals surface area (Å²) in [5.74, 6) is 0.362. The number of nitrogens with two attached hydrogens (primary N) is 1. The number of nitrogen functional groups attached to an aromatic ring is 1. The molecule has 0 saturated heterocycles. The summed E-state index contributed by atoms with van der Waals surface area (Å²) in [6, 6.07) is 9.62. The molecular weight excluding hydrogens is 368 g/mol. The summed E-state index contributed by atoms with van der Waals surface area (Å²) >= 11 is 0. The predicted octanol–water partition coefficient (Wildman–Crippen LogP) is 3.66. The van der Waals surface area contributed by atoms with Crippen LogP contribution in [0.5, 0.6) is 6.01 Å². The van der Waals surface area contributed by atoms with Gasteiger partial charge in [-0.05, 0) is 38.0 Å². The number of nitrogens with one attached hydrogen (secondary N) is 1. The van der Waals surface area contributed by atoms with Crippen molar-refractivity contribution in [2.45, 2.75) is 46.6 Å². The molecule has 0 aliphatic heterocycles. The number of nitriles is 1. The van der Waals surface area contributed by atoms with E-state index in [2.05, 4.69) is 28.3 Å². The lowest BCUT2D eigenvalue weighted by molar-refractivity contribution is -0.114. The molecule has 0 aliphatic rings. The van der Waals surface area contributed by atoms with Crippen LogP contribution in [0.4, 0.5) is 17.3 Å². The Balaban J connectivity index is 2.50. The highest BCUT2D eigenvalue weighted by molar-refractivity contribution is 5.95. The van der Waals surface area contributed by atoms with Crippen molar-refractivity contribution < 1.29 is 9.53 Å². The Hall–Kier alpha value is -3.34. The summed E-state index contributed by atoms with van der Waals surface area (Å²) in [4.78, 5) is 22.5. The smallest absolute Gasteiger partial charge is 0.320 e. The second-order valence-electron chi connectivity index (χ2n) is 6.67. The highest BCUT2D eigenvalue weighted by Crippen LogP contribution is 2.35. The van der Waals surface area contributed by atoms with Crippen molar-refractivity contribution in [3.05, 3.63) is 35.4 Å². The maximum atomic E-state index is 11.7. The third-order valence-corrected chi connectivity index (χ3v) is 4.51.